The van der Waals surface area contributed by atoms with Gasteiger partial charge in [0.25, 0.3) is 0 Å². The van der Waals surface area contributed by atoms with E-state index in [0.717, 1.165) is 39.1 Å². The van der Waals surface area contributed by atoms with Crippen LogP contribution in [0.5, 0.6) is 0 Å². The second kappa shape index (κ2) is 7.60. The van der Waals surface area contributed by atoms with Gasteiger partial charge in [-0.3, -0.25) is 0 Å². The molecule has 0 amide bonds. The van der Waals surface area contributed by atoms with E-state index < -0.39 is 0 Å². The standard InChI is InChI=1S/C15H22ClN5/c1-12(5-6-21-9-7-20(2)8-10-21)18-15-4-3-13(16)14(11-17)19-15/h3-4,12H,5-10H2,1-2H3,(H,18,19). The summed E-state index contributed by atoms with van der Waals surface area (Å²) < 4.78 is 0. The molecule has 21 heavy (non-hydrogen) atoms. The lowest BCUT2D eigenvalue weighted by molar-refractivity contribution is 0.151. The van der Waals surface area contributed by atoms with E-state index in [-0.39, 0.29) is 5.69 Å². The van der Waals surface area contributed by atoms with Gasteiger partial charge in [0.15, 0.2) is 5.69 Å². The van der Waals surface area contributed by atoms with Crippen LogP contribution in [0.2, 0.25) is 5.02 Å². The molecular formula is C15H22ClN5. The lowest BCUT2D eigenvalue weighted by Gasteiger charge is -2.33. The van der Waals surface area contributed by atoms with Gasteiger partial charge < -0.3 is 15.1 Å². The summed E-state index contributed by atoms with van der Waals surface area (Å²) in [5.41, 5.74) is 0.271. The highest BCUT2D eigenvalue weighted by molar-refractivity contribution is 6.31. The number of pyridine rings is 1. The summed E-state index contributed by atoms with van der Waals surface area (Å²) >= 11 is 5.88. The number of aromatic nitrogens is 1. The van der Waals surface area contributed by atoms with Crippen LogP contribution in [0, 0.1) is 11.3 Å². The fraction of sp³-hybridized carbons (Fsp3) is 0.600. The lowest BCUT2D eigenvalue weighted by atomic mass is 10.2. The van der Waals surface area contributed by atoms with Crippen LogP contribution in [0.1, 0.15) is 19.0 Å². The van der Waals surface area contributed by atoms with Crippen LogP contribution in [-0.4, -0.2) is 60.6 Å². The average Bonchev–Trinajstić information content (AvgIpc) is 2.48. The maximum Gasteiger partial charge on any atom is 0.161 e. The molecule has 0 aliphatic carbocycles. The Labute approximate surface area is 131 Å². The first-order valence-electron chi connectivity index (χ1n) is 7.32. The Morgan fingerprint density at radius 1 is 1.38 bits per heavy atom. The molecule has 1 fully saturated rings. The maximum atomic E-state index is 8.94. The van der Waals surface area contributed by atoms with Crippen LogP contribution in [0.3, 0.4) is 0 Å². The zero-order valence-electron chi connectivity index (χ0n) is 12.6. The zero-order chi connectivity index (χ0) is 15.2. The summed E-state index contributed by atoms with van der Waals surface area (Å²) in [6, 6.07) is 5.84. The SMILES string of the molecule is CC(CCN1CCN(C)CC1)Nc1ccc(Cl)c(C#N)n1. The summed E-state index contributed by atoms with van der Waals surface area (Å²) in [6.07, 6.45) is 1.05. The van der Waals surface area contributed by atoms with Crippen molar-refractivity contribution in [3.8, 4) is 6.07 Å². The molecule has 1 saturated heterocycles. The van der Waals surface area contributed by atoms with E-state index in [9.17, 15) is 0 Å². The van der Waals surface area contributed by atoms with Crippen LogP contribution in [0.15, 0.2) is 12.1 Å². The van der Waals surface area contributed by atoms with Crippen molar-refractivity contribution in [2.45, 2.75) is 19.4 Å². The molecule has 0 saturated carbocycles. The van der Waals surface area contributed by atoms with Crippen molar-refractivity contribution in [3.63, 3.8) is 0 Å². The van der Waals surface area contributed by atoms with Gasteiger partial charge in [0, 0.05) is 38.8 Å². The molecule has 1 aromatic heterocycles. The second-order valence-corrected chi connectivity index (χ2v) is 6.02. The average molecular weight is 308 g/mol. The van der Waals surface area contributed by atoms with Crippen molar-refractivity contribution in [2.75, 3.05) is 45.1 Å². The largest absolute Gasteiger partial charge is 0.368 e. The number of nitrogens with zero attached hydrogens (tertiary/aromatic N) is 4. The molecule has 114 valence electrons. The van der Waals surface area contributed by atoms with E-state index in [1.165, 1.54) is 0 Å². The van der Waals surface area contributed by atoms with Crippen molar-refractivity contribution in [1.29, 1.82) is 5.26 Å². The number of piperazine rings is 1. The summed E-state index contributed by atoms with van der Waals surface area (Å²) in [7, 11) is 2.17. The van der Waals surface area contributed by atoms with Crippen molar-refractivity contribution < 1.29 is 0 Å². The first-order valence-corrected chi connectivity index (χ1v) is 7.70. The van der Waals surface area contributed by atoms with E-state index in [2.05, 4.69) is 34.1 Å². The number of nitriles is 1. The second-order valence-electron chi connectivity index (χ2n) is 5.62. The van der Waals surface area contributed by atoms with Crippen molar-refractivity contribution in [2.24, 2.45) is 0 Å². The topological polar surface area (TPSA) is 55.2 Å². The van der Waals surface area contributed by atoms with Crippen molar-refractivity contribution >= 4 is 17.4 Å². The van der Waals surface area contributed by atoms with Gasteiger partial charge in [0.05, 0.1) is 5.02 Å². The quantitative estimate of drug-likeness (QED) is 0.902. The third kappa shape index (κ3) is 4.85. The summed E-state index contributed by atoms with van der Waals surface area (Å²) in [6.45, 7) is 7.79. The molecule has 1 unspecified atom stereocenters. The first kappa shape index (κ1) is 16.0. The first-order chi connectivity index (χ1) is 10.1. The Hall–Kier alpha value is -1.35. The summed E-state index contributed by atoms with van der Waals surface area (Å²) in [4.78, 5) is 9.07. The Bertz CT molecular complexity index is 505. The van der Waals surface area contributed by atoms with Crippen LogP contribution in [-0.2, 0) is 0 Å². The molecule has 1 atom stereocenters. The Morgan fingerprint density at radius 2 is 2.10 bits per heavy atom. The minimum absolute atomic E-state index is 0.271. The van der Waals surface area contributed by atoms with Gasteiger partial charge in [0.1, 0.15) is 11.9 Å². The molecule has 0 radical (unpaired) electrons. The van der Waals surface area contributed by atoms with Gasteiger partial charge in [-0.15, -0.1) is 0 Å². The monoisotopic (exact) mass is 307 g/mol. The number of hydrogen-bond acceptors (Lipinski definition) is 5. The number of likely N-dealkylation sites (N-methyl/N-ethyl adjacent to an activating group) is 1. The molecule has 6 heteroatoms. The molecule has 1 aliphatic heterocycles. The fourth-order valence-corrected chi connectivity index (χ4v) is 2.52. The minimum Gasteiger partial charge on any atom is -0.368 e. The van der Waals surface area contributed by atoms with E-state index in [0.29, 0.717) is 16.9 Å². The third-order valence-corrected chi connectivity index (χ3v) is 4.13. The number of rotatable bonds is 5. The Kier molecular flexibility index (Phi) is 5.80. The van der Waals surface area contributed by atoms with Gasteiger partial charge in [-0.1, -0.05) is 11.6 Å². The molecule has 1 aromatic rings. The third-order valence-electron chi connectivity index (χ3n) is 3.82. The van der Waals surface area contributed by atoms with Gasteiger partial charge in [-0.2, -0.15) is 5.26 Å². The molecule has 0 bridgehead atoms. The molecule has 1 N–H and O–H groups in total. The van der Waals surface area contributed by atoms with Gasteiger partial charge >= 0.3 is 0 Å². The summed E-state index contributed by atoms with van der Waals surface area (Å²) in [5, 5.41) is 12.7. The van der Waals surface area contributed by atoms with E-state index >= 15 is 0 Å². The molecule has 0 spiro atoms. The normalized spacial score (nSPS) is 18.2. The summed E-state index contributed by atoms with van der Waals surface area (Å²) in [5.74, 6) is 0.710. The minimum atomic E-state index is 0.271. The van der Waals surface area contributed by atoms with Crippen molar-refractivity contribution in [1.82, 2.24) is 14.8 Å². The van der Waals surface area contributed by atoms with Crippen LogP contribution < -0.4 is 5.32 Å². The highest BCUT2D eigenvalue weighted by Crippen LogP contribution is 2.16. The van der Waals surface area contributed by atoms with Gasteiger partial charge in [-0.25, -0.2) is 4.98 Å². The molecular weight excluding hydrogens is 286 g/mol. The van der Waals surface area contributed by atoms with Crippen LogP contribution >= 0.6 is 11.6 Å². The molecule has 2 rings (SSSR count). The zero-order valence-corrected chi connectivity index (χ0v) is 13.4. The molecule has 1 aliphatic rings. The smallest absolute Gasteiger partial charge is 0.161 e. The number of halogens is 1. The highest BCUT2D eigenvalue weighted by atomic mass is 35.5. The Morgan fingerprint density at radius 3 is 2.76 bits per heavy atom. The maximum absolute atomic E-state index is 8.94. The molecule has 0 aromatic carbocycles. The fourth-order valence-electron chi connectivity index (χ4n) is 2.37. The number of anilines is 1. The van der Waals surface area contributed by atoms with Gasteiger partial charge in [0.2, 0.25) is 0 Å². The number of hydrogen-bond donors (Lipinski definition) is 1. The highest BCUT2D eigenvalue weighted by Gasteiger charge is 2.14. The van der Waals surface area contributed by atoms with E-state index in [1.807, 2.05) is 12.1 Å². The number of nitrogens with one attached hydrogen (secondary N) is 1. The van der Waals surface area contributed by atoms with Crippen LogP contribution in [0.25, 0.3) is 0 Å². The lowest BCUT2D eigenvalue weighted by Crippen LogP contribution is -2.45. The molecule has 2 heterocycles. The predicted molar refractivity (Wildman–Crippen MR) is 85.6 cm³/mol. The Balaban J connectivity index is 1.79. The van der Waals surface area contributed by atoms with Gasteiger partial charge in [-0.05, 0) is 32.5 Å². The van der Waals surface area contributed by atoms with E-state index in [4.69, 9.17) is 16.9 Å². The predicted octanol–water partition coefficient (Wildman–Crippen LogP) is 2.04. The molecule has 5 nitrogen and oxygen atoms in total. The van der Waals surface area contributed by atoms with Crippen LogP contribution in [0.4, 0.5) is 5.82 Å². The van der Waals surface area contributed by atoms with E-state index in [1.54, 1.807) is 6.07 Å². The van der Waals surface area contributed by atoms with Crippen molar-refractivity contribution in [3.05, 3.63) is 22.8 Å².